The number of hydrogen-bond acceptors (Lipinski definition) is 4. The Hall–Kier alpha value is -2.22. The number of nitrogens with zero attached hydrogens (tertiary/aromatic N) is 3. The zero-order valence-corrected chi connectivity index (χ0v) is 19.1. The SMILES string of the molecule is CCN(C)C(C(=O)N1CCc2cc(S(=O)(=O)N3CCCCC3)ccc21)c1ccccc1. The van der Waals surface area contributed by atoms with Gasteiger partial charge in [0.1, 0.15) is 6.04 Å². The molecule has 166 valence electrons. The van der Waals surface area contributed by atoms with Gasteiger partial charge in [0.05, 0.1) is 4.90 Å². The predicted octanol–water partition coefficient (Wildman–Crippen LogP) is 3.44. The molecule has 2 heterocycles. The van der Waals surface area contributed by atoms with Gasteiger partial charge >= 0.3 is 0 Å². The van der Waals surface area contributed by atoms with Crippen molar-refractivity contribution in [2.45, 2.75) is 43.5 Å². The molecule has 0 bridgehead atoms. The topological polar surface area (TPSA) is 60.9 Å². The number of piperidine rings is 1. The lowest BCUT2D eigenvalue weighted by Gasteiger charge is -2.30. The van der Waals surface area contributed by atoms with Crippen molar-refractivity contribution in [2.75, 3.05) is 38.1 Å². The van der Waals surface area contributed by atoms with Crippen LogP contribution in [-0.2, 0) is 21.2 Å². The van der Waals surface area contributed by atoms with Crippen LogP contribution in [0.5, 0.6) is 0 Å². The van der Waals surface area contributed by atoms with E-state index >= 15 is 0 Å². The standard InChI is InChI=1S/C24H31N3O3S/c1-3-25(2)23(19-10-6-4-7-11-19)24(28)27-17-14-20-18-21(12-13-22(20)27)31(29,30)26-15-8-5-9-16-26/h4,6-7,10-13,18,23H,3,5,8-9,14-17H2,1-2H3. The van der Waals surface area contributed by atoms with Gasteiger partial charge in [0.25, 0.3) is 0 Å². The van der Waals surface area contributed by atoms with Crippen LogP contribution < -0.4 is 4.90 Å². The highest BCUT2D eigenvalue weighted by molar-refractivity contribution is 7.89. The summed E-state index contributed by atoms with van der Waals surface area (Å²) in [5, 5.41) is 0. The van der Waals surface area contributed by atoms with Gasteiger partial charge in [-0.15, -0.1) is 0 Å². The van der Waals surface area contributed by atoms with Crippen LogP contribution in [0.4, 0.5) is 5.69 Å². The Bertz CT molecular complexity index is 1030. The highest BCUT2D eigenvalue weighted by Crippen LogP contribution is 2.34. The van der Waals surface area contributed by atoms with Crippen LogP contribution in [0.25, 0.3) is 0 Å². The molecule has 2 aliphatic rings. The van der Waals surface area contributed by atoms with Crippen LogP contribution >= 0.6 is 0 Å². The van der Waals surface area contributed by atoms with Gasteiger partial charge in [-0.3, -0.25) is 9.69 Å². The van der Waals surface area contributed by atoms with Gasteiger partial charge in [-0.05, 0) is 62.2 Å². The highest BCUT2D eigenvalue weighted by Gasteiger charge is 2.34. The zero-order chi connectivity index (χ0) is 22.0. The number of hydrogen-bond donors (Lipinski definition) is 0. The molecule has 1 fully saturated rings. The maximum Gasteiger partial charge on any atom is 0.248 e. The zero-order valence-electron chi connectivity index (χ0n) is 18.3. The largest absolute Gasteiger partial charge is 0.310 e. The van der Waals surface area contributed by atoms with E-state index < -0.39 is 10.0 Å². The second kappa shape index (κ2) is 9.10. The summed E-state index contributed by atoms with van der Waals surface area (Å²) in [7, 11) is -1.52. The average molecular weight is 442 g/mol. The minimum absolute atomic E-state index is 0.0286. The van der Waals surface area contributed by atoms with Gasteiger partial charge in [0.15, 0.2) is 0 Å². The number of carbonyl (C=O) groups is 1. The summed E-state index contributed by atoms with van der Waals surface area (Å²) in [6.45, 7) is 4.54. The van der Waals surface area contributed by atoms with E-state index in [0.717, 1.165) is 42.6 Å². The smallest absolute Gasteiger partial charge is 0.248 e. The van der Waals surface area contributed by atoms with Crippen molar-refractivity contribution in [3.63, 3.8) is 0 Å². The summed E-state index contributed by atoms with van der Waals surface area (Å²) in [4.78, 5) is 17.8. The maximum absolute atomic E-state index is 13.6. The number of likely N-dealkylation sites (N-methyl/N-ethyl adjacent to an activating group) is 1. The van der Waals surface area contributed by atoms with Gasteiger partial charge in [0.2, 0.25) is 15.9 Å². The molecule has 2 aliphatic heterocycles. The third-order valence-corrected chi connectivity index (χ3v) is 8.35. The number of benzene rings is 2. The van der Waals surface area contributed by atoms with E-state index in [0.29, 0.717) is 31.0 Å². The molecule has 0 N–H and O–H groups in total. The molecule has 1 amide bonds. The molecule has 0 saturated carbocycles. The van der Waals surface area contributed by atoms with Crippen LogP contribution in [-0.4, -0.2) is 56.8 Å². The Morgan fingerprint density at radius 1 is 1.03 bits per heavy atom. The lowest BCUT2D eigenvalue weighted by atomic mass is 10.0. The van der Waals surface area contributed by atoms with Crippen LogP contribution in [0.15, 0.2) is 53.4 Å². The van der Waals surface area contributed by atoms with Gasteiger partial charge in [-0.25, -0.2) is 8.42 Å². The van der Waals surface area contributed by atoms with E-state index in [-0.39, 0.29) is 11.9 Å². The molecule has 31 heavy (non-hydrogen) atoms. The van der Waals surface area contributed by atoms with Crippen molar-refractivity contribution in [3.05, 3.63) is 59.7 Å². The molecule has 7 heteroatoms. The summed E-state index contributed by atoms with van der Waals surface area (Å²) in [5.41, 5.74) is 2.72. The summed E-state index contributed by atoms with van der Waals surface area (Å²) >= 11 is 0. The molecule has 0 aromatic heterocycles. The molecule has 4 rings (SSSR count). The molecule has 2 aromatic carbocycles. The second-order valence-corrected chi connectivity index (χ2v) is 10.3. The molecule has 1 saturated heterocycles. The van der Waals surface area contributed by atoms with Gasteiger partial charge < -0.3 is 4.90 Å². The fraction of sp³-hybridized carbons (Fsp3) is 0.458. The number of anilines is 1. The average Bonchev–Trinajstić information content (AvgIpc) is 3.23. The number of sulfonamides is 1. The minimum Gasteiger partial charge on any atom is -0.310 e. The molecule has 1 unspecified atom stereocenters. The first kappa shape index (κ1) is 22.0. The summed E-state index contributed by atoms with van der Waals surface area (Å²) < 4.78 is 27.7. The summed E-state index contributed by atoms with van der Waals surface area (Å²) in [6, 6.07) is 14.7. The van der Waals surface area contributed by atoms with E-state index in [1.807, 2.05) is 60.2 Å². The second-order valence-electron chi connectivity index (χ2n) is 8.38. The first-order valence-electron chi connectivity index (χ1n) is 11.1. The van der Waals surface area contributed by atoms with Gasteiger partial charge in [-0.2, -0.15) is 4.31 Å². The third-order valence-electron chi connectivity index (χ3n) is 6.45. The van der Waals surface area contributed by atoms with Crippen LogP contribution in [0.3, 0.4) is 0 Å². The first-order valence-corrected chi connectivity index (χ1v) is 12.6. The van der Waals surface area contributed by atoms with Crippen molar-refractivity contribution in [1.82, 2.24) is 9.21 Å². The Morgan fingerprint density at radius 3 is 2.42 bits per heavy atom. The number of fused-ring (bicyclic) bond motifs is 1. The van der Waals surface area contributed by atoms with Crippen LogP contribution in [0.1, 0.15) is 43.4 Å². The maximum atomic E-state index is 13.6. The van der Waals surface area contributed by atoms with Crippen molar-refractivity contribution in [2.24, 2.45) is 0 Å². The predicted molar refractivity (Wildman–Crippen MR) is 123 cm³/mol. The molecule has 1 atom stereocenters. The molecular weight excluding hydrogens is 410 g/mol. The Morgan fingerprint density at radius 2 is 1.74 bits per heavy atom. The highest BCUT2D eigenvalue weighted by atomic mass is 32.2. The quantitative estimate of drug-likeness (QED) is 0.689. The monoisotopic (exact) mass is 441 g/mol. The minimum atomic E-state index is -3.48. The van der Waals surface area contributed by atoms with E-state index in [9.17, 15) is 13.2 Å². The lowest BCUT2D eigenvalue weighted by molar-refractivity contribution is -0.123. The van der Waals surface area contributed by atoms with Crippen molar-refractivity contribution in [3.8, 4) is 0 Å². The number of amides is 1. The third kappa shape index (κ3) is 4.27. The van der Waals surface area contributed by atoms with Gasteiger partial charge in [-0.1, -0.05) is 43.7 Å². The van der Waals surface area contributed by atoms with Crippen LogP contribution in [0, 0.1) is 0 Å². The fourth-order valence-electron chi connectivity index (χ4n) is 4.57. The molecule has 0 spiro atoms. The van der Waals surface area contributed by atoms with E-state index in [1.54, 1.807) is 16.4 Å². The summed E-state index contributed by atoms with van der Waals surface area (Å²) in [6.07, 6.45) is 3.58. The fourth-order valence-corrected chi connectivity index (χ4v) is 6.14. The summed E-state index contributed by atoms with van der Waals surface area (Å²) in [5.74, 6) is 0.0286. The molecule has 6 nitrogen and oxygen atoms in total. The van der Waals surface area contributed by atoms with Crippen molar-refractivity contribution < 1.29 is 13.2 Å². The normalized spacial score (nSPS) is 18.2. The van der Waals surface area contributed by atoms with E-state index in [2.05, 4.69) is 0 Å². The molecule has 2 aromatic rings. The van der Waals surface area contributed by atoms with E-state index in [1.165, 1.54) is 0 Å². The molecular formula is C24H31N3O3S. The van der Waals surface area contributed by atoms with Crippen molar-refractivity contribution in [1.29, 1.82) is 0 Å². The van der Waals surface area contributed by atoms with Crippen molar-refractivity contribution >= 4 is 21.6 Å². The number of carbonyl (C=O) groups excluding carboxylic acids is 1. The Labute approximate surface area is 185 Å². The molecule has 0 radical (unpaired) electrons. The van der Waals surface area contributed by atoms with E-state index in [4.69, 9.17) is 0 Å². The molecule has 0 aliphatic carbocycles. The Balaban J connectivity index is 1.62. The number of rotatable bonds is 6. The lowest BCUT2D eigenvalue weighted by Crippen LogP contribution is -2.41. The Kier molecular flexibility index (Phi) is 6.46. The first-order chi connectivity index (χ1) is 14.9. The van der Waals surface area contributed by atoms with Gasteiger partial charge in [0, 0.05) is 25.3 Å². The van der Waals surface area contributed by atoms with Crippen LogP contribution in [0.2, 0.25) is 0 Å².